The van der Waals surface area contributed by atoms with Crippen LogP contribution in [0, 0.1) is 12.8 Å². The largest absolute Gasteiger partial charge is 0.355 e. The van der Waals surface area contributed by atoms with Gasteiger partial charge in [0, 0.05) is 17.4 Å². The molecule has 1 aliphatic rings. The fourth-order valence-electron chi connectivity index (χ4n) is 1.77. The molecule has 1 atom stereocenters. The number of nitrogens with one attached hydrogen (secondary N) is 2. The van der Waals surface area contributed by atoms with Crippen molar-refractivity contribution < 1.29 is 9.59 Å². The summed E-state index contributed by atoms with van der Waals surface area (Å²) in [5.74, 6) is -0.446. The van der Waals surface area contributed by atoms with Crippen molar-refractivity contribution in [3.63, 3.8) is 0 Å². The fourth-order valence-corrected chi connectivity index (χ4v) is 2.13. The molecule has 4 nitrogen and oxygen atoms in total. The van der Waals surface area contributed by atoms with E-state index < -0.39 is 0 Å². The van der Waals surface area contributed by atoms with Gasteiger partial charge in [-0.3, -0.25) is 9.59 Å². The highest BCUT2D eigenvalue weighted by molar-refractivity contribution is 9.10. The van der Waals surface area contributed by atoms with E-state index in [1.54, 1.807) is 0 Å². The van der Waals surface area contributed by atoms with Crippen LogP contribution in [-0.4, -0.2) is 18.4 Å². The number of anilines is 1. The van der Waals surface area contributed by atoms with Gasteiger partial charge in [0.25, 0.3) is 0 Å². The van der Waals surface area contributed by atoms with Crippen LogP contribution in [0.3, 0.4) is 0 Å². The molecule has 5 heteroatoms. The smallest absolute Gasteiger partial charge is 0.229 e. The number of carbonyl (C=O) groups excluding carboxylic acids is 2. The third-order valence-electron chi connectivity index (χ3n) is 2.80. The van der Waals surface area contributed by atoms with Gasteiger partial charge in [-0.15, -0.1) is 0 Å². The second kappa shape index (κ2) is 4.87. The van der Waals surface area contributed by atoms with Crippen LogP contribution in [0.15, 0.2) is 22.7 Å². The number of hydrogen-bond acceptors (Lipinski definition) is 2. The van der Waals surface area contributed by atoms with Gasteiger partial charge in [-0.1, -0.05) is 12.1 Å². The van der Waals surface area contributed by atoms with Crippen LogP contribution in [0.4, 0.5) is 5.69 Å². The first kappa shape index (κ1) is 12.1. The van der Waals surface area contributed by atoms with Crippen LogP contribution in [0.1, 0.15) is 12.0 Å². The van der Waals surface area contributed by atoms with E-state index in [0.29, 0.717) is 6.54 Å². The number of benzene rings is 1. The van der Waals surface area contributed by atoms with E-state index in [0.717, 1.165) is 15.7 Å². The van der Waals surface area contributed by atoms with E-state index in [1.807, 2.05) is 25.1 Å². The minimum Gasteiger partial charge on any atom is -0.355 e. The topological polar surface area (TPSA) is 58.2 Å². The molecule has 0 radical (unpaired) electrons. The zero-order valence-corrected chi connectivity index (χ0v) is 11.0. The molecule has 1 aromatic carbocycles. The monoisotopic (exact) mass is 296 g/mol. The van der Waals surface area contributed by atoms with Gasteiger partial charge in [-0.2, -0.15) is 0 Å². The Balaban J connectivity index is 2.08. The number of aryl methyl sites for hydroxylation is 1. The highest BCUT2D eigenvalue weighted by Crippen LogP contribution is 2.26. The van der Waals surface area contributed by atoms with Gasteiger partial charge in [-0.25, -0.2) is 0 Å². The SMILES string of the molecule is Cc1cccc(NC(=O)C2CNC(=O)C2)c1Br. The molecule has 2 rings (SSSR count). The second-order valence-electron chi connectivity index (χ2n) is 4.13. The number of amides is 2. The zero-order chi connectivity index (χ0) is 12.4. The molecular formula is C12H13BrN2O2. The summed E-state index contributed by atoms with van der Waals surface area (Å²) < 4.78 is 0.880. The molecule has 0 saturated carbocycles. The Kier molecular flexibility index (Phi) is 3.47. The molecule has 0 bridgehead atoms. The molecule has 1 unspecified atom stereocenters. The highest BCUT2D eigenvalue weighted by atomic mass is 79.9. The van der Waals surface area contributed by atoms with Gasteiger partial charge in [0.1, 0.15) is 0 Å². The lowest BCUT2D eigenvalue weighted by Crippen LogP contribution is -2.24. The lowest BCUT2D eigenvalue weighted by Gasteiger charge is -2.11. The van der Waals surface area contributed by atoms with Crippen LogP contribution in [0.25, 0.3) is 0 Å². The molecule has 2 amide bonds. The van der Waals surface area contributed by atoms with Crippen molar-refractivity contribution in [2.24, 2.45) is 5.92 Å². The quantitative estimate of drug-likeness (QED) is 0.875. The van der Waals surface area contributed by atoms with Crippen LogP contribution in [-0.2, 0) is 9.59 Å². The third-order valence-corrected chi connectivity index (χ3v) is 3.85. The average molecular weight is 297 g/mol. The first-order valence-electron chi connectivity index (χ1n) is 5.40. The first-order valence-corrected chi connectivity index (χ1v) is 6.20. The molecule has 1 heterocycles. The van der Waals surface area contributed by atoms with E-state index in [2.05, 4.69) is 26.6 Å². The van der Waals surface area contributed by atoms with Crippen molar-refractivity contribution in [3.05, 3.63) is 28.2 Å². The Morgan fingerprint density at radius 1 is 1.53 bits per heavy atom. The summed E-state index contributed by atoms with van der Waals surface area (Å²) in [5.41, 5.74) is 1.80. The van der Waals surface area contributed by atoms with Crippen molar-refractivity contribution in [2.45, 2.75) is 13.3 Å². The number of rotatable bonds is 2. The maximum absolute atomic E-state index is 11.9. The maximum atomic E-state index is 11.9. The van der Waals surface area contributed by atoms with Crippen molar-refractivity contribution >= 4 is 33.4 Å². The van der Waals surface area contributed by atoms with Crippen molar-refractivity contribution in [3.8, 4) is 0 Å². The fraction of sp³-hybridized carbons (Fsp3) is 0.333. The lowest BCUT2D eigenvalue weighted by atomic mass is 10.1. The molecule has 17 heavy (non-hydrogen) atoms. The van der Waals surface area contributed by atoms with Gasteiger partial charge in [-0.05, 0) is 34.5 Å². The summed E-state index contributed by atoms with van der Waals surface area (Å²) in [6.07, 6.45) is 0.273. The van der Waals surface area contributed by atoms with Crippen molar-refractivity contribution in [1.29, 1.82) is 0 Å². The third kappa shape index (κ3) is 2.66. The summed E-state index contributed by atoms with van der Waals surface area (Å²) in [6.45, 7) is 2.38. The minimum atomic E-state index is -0.269. The van der Waals surface area contributed by atoms with Gasteiger partial charge in [0.2, 0.25) is 11.8 Å². The maximum Gasteiger partial charge on any atom is 0.229 e. The Morgan fingerprint density at radius 2 is 2.29 bits per heavy atom. The van der Waals surface area contributed by atoms with E-state index >= 15 is 0 Å². The van der Waals surface area contributed by atoms with E-state index in [-0.39, 0.29) is 24.2 Å². The molecule has 2 N–H and O–H groups in total. The summed E-state index contributed by atoms with van der Waals surface area (Å²) in [7, 11) is 0. The van der Waals surface area contributed by atoms with E-state index in [4.69, 9.17) is 0 Å². The van der Waals surface area contributed by atoms with Gasteiger partial charge in [0.05, 0.1) is 11.6 Å². The number of halogens is 1. The Morgan fingerprint density at radius 3 is 2.94 bits per heavy atom. The first-order chi connectivity index (χ1) is 8.08. The lowest BCUT2D eigenvalue weighted by molar-refractivity contribution is -0.123. The minimum absolute atomic E-state index is 0.0616. The standard InChI is InChI=1S/C12H13BrN2O2/c1-7-3-2-4-9(11(7)13)15-12(17)8-5-10(16)14-6-8/h2-4,8H,5-6H2,1H3,(H,14,16)(H,15,17). The highest BCUT2D eigenvalue weighted by Gasteiger charge is 2.28. The van der Waals surface area contributed by atoms with Crippen LogP contribution < -0.4 is 10.6 Å². The summed E-state index contributed by atoms with van der Waals surface area (Å²) in [4.78, 5) is 22.9. The van der Waals surface area contributed by atoms with Crippen molar-refractivity contribution in [2.75, 3.05) is 11.9 Å². The van der Waals surface area contributed by atoms with Crippen LogP contribution >= 0.6 is 15.9 Å². The molecule has 1 aromatic rings. The molecule has 0 aromatic heterocycles. The molecular weight excluding hydrogens is 284 g/mol. The Labute approximate surface area is 108 Å². The predicted molar refractivity (Wildman–Crippen MR) is 68.6 cm³/mol. The molecule has 1 saturated heterocycles. The summed E-state index contributed by atoms with van der Waals surface area (Å²) >= 11 is 3.43. The normalized spacial score (nSPS) is 18.9. The summed E-state index contributed by atoms with van der Waals surface area (Å²) in [6, 6.07) is 5.67. The van der Waals surface area contributed by atoms with Crippen LogP contribution in [0.5, 0.6) is 0 Å². The van der Waals surface area contributed by atoms with E-state index in [1.165, 1.54) is 0 Å². The molecule has 90 valence electrons. The Hall–Kier alpha value is -1.36. The Bertz CT molecular complexity index is 474. The second-order valence-corrected chi connectivity index (χ2v) is 4.92. The van der Waals surface area contributed by atoms with Gasteiger partial charge >= 0.3 is 0 Å². The average Bonchev–Trinajstić information content (AvgIpc) is 2.72. The van der Waals surface area contributed by atoms with Crippen molar-refractivity contribution in [1.82, 2.24) is 5.32 Å². The van der Waals surface area contributed by atoms with Gasteiger partial charge < -0.3 is 10.6 Å². The molecule has 1 aliphatic heterocycles. The zero-order valence-electron chi connectivity index (χ0n) is 9.42. The number of carbonyl (C=O) groups is 2. The van der Waals surface area contributed by atoms with Gasteiger partial charge in [0.15, 0.2) is 0 Å². The summed E-state index contributed by atoms with van der Waals surface area (Å²) in [5, 5.41) is 5.49. The van der Waals surface area contributed by atoms with E-state index in [9.17, 15) is 9.59 Å². The predicted octanol–water partition coefficient (Wildman–Crippen LogP) is 1.83. The molecule has 0 spiro atoms. The van der Waals surface area contributed by atoms with Crippen LogP contribution in [0.2, 0.25) is 0 Å². The number of hydrogen-bond donors (Lipinski definition) is 2. The molecule has 1 fully saturated rings. The molecule has 0 aliphatic carbocycles.